The van der Waals surface area contributed by atoms with Gasteiger partial charge in [-0.3, -0.25) is 15.8 Å². The zero-order valence-corrected chi connectivity index (χ0v) is 12.2. The SMILES string of the molecule is NNC(=O)NNCCCN1CC=C(c2cccs2)CC1. The van der Waals surface area contributed by atoms with Crippen molar-refractivity contribution in [2.45, 2.75) is 12.8 Å². The number of carbonyl (C=O) groups is 1. The molecule has 7 heteroatoms. The molecule has 0 saturated heterocycles. The number of hydrogen-bond acceptors (Lipinski definition) is 5. The number of hydrazine groups is 2. The molecule has 2 amide bonds. The highest BCUT2D eigenvalue weighted by atomic mass is 32.1. The van der Waals surface area contributed by atoms with Crippen molar-refractivity contribution in [2.75, 3.05) is 26.2 Å². The molecule has 0 unspecified atom stereocenters. The first-order valence-electron chi connectivity index (χ1n) is 6.74. The lowest BCUT2D eigenvalue weighted by molar-refractivity contribution is 0.235. The van der Waals surface area contributed by atoms with E-state index in [0.717, 1.165) is 39.0 Å². The molecule has 0 radical (unpaired) electrons. The van der Waals surface area contributed by atoms with Crippen LogP contribution in [0.1, 0.15) is 17.7 Å². The van der Waals surface area contributed by atoms with Crippen LogP contribution in [0.3, 0.4) is 0 Å². The first kappa shape index (κ1) is 15.0. The largest absolute Gasteiger partial charge is 0.343 e. The third kappa shape index (κ3) is 4.61. The molecule has 0 fully saturated rings. The Kier molecular flexibility index (Phi) is 6.00. The number of nitrogens with zero attached hydrogens (tertiary/aromatic N) is 1. The smallest absolute Gasteiger partial charge is 0.299 e. The first-order valence-corrected chi connectivity index (χ1v) is 7.62. The lowest BCUT2D eigenvalue weighted by atomic mass is 10.1. The second-order valence-electron chi connectivity index (χ2n) is 4.64. The summed E-state index contributed by atoms with van der Waals surface area (Å²) >= 11 is 1.81. The number of nitrogens with two attached hydrogens (primary N) is 1. The summed E-state index contributed by atoms with van der Waals surface area (Å²) in [5.41, 5.74) is 8.73. The Morgan fingerprint density at radius 3 is 3.05 bits per heavy atom. The number of urea groups is 1. The minimum absolute atomic E-state index is 0.425. The van der Waals surface area contributed by atoms with Crippen LogP contribution in [-0.4, -0.2) is 37.1 Å². The van der Waals surface area contributed by atoms with Gasteiger partial charge in [0.2, 0.25) is 0 Å². The standard InChI is InChI=1S/C13H21N5OS/c14-16-13(19)17-15-6-2-7-18-8-4-11(5-9-18)12-3-1-10-20-12/h1,3-4,10,15H,2,5-9,14H2,(H2,16,17,19). The van der Waals surface area contributed by atoms with Gasteiger partial charge in [-0.15, -0.1) is 11.3 Å². The topological polar surface area (TPSA) is 82.4 Å². The van der Waals surface area contributed by atoms with Gasteiger partial charge in [0, 0.05) is 24.5 Å². The predicted molar refractivity (Wildman–Crippen MR) is 81.8 cm³/mol. The van der Waals surface area contributed by atoms with Gasteiger partial charge in [0.05, 0.1) is 0 Å². The number of amides is 2. The van der Waals surface area contributed by atoms with E-state index in [4.69, 9.17) is 5.84 Å². The van der Waals surface area contributed by atoms with Gasteiger partial charge < -0.3 is 0 Å². The van der Waals surface area contributed by atoms with E-state index in [1.54, 1.807) is 11.3 Å². The van der Waals surface area contributed by atoms with Crippen LogP contribution < -0.4 is 22.1 Å². The predicted octanol–water partition coefficient (Wildman–Crippen LogP) is 0.905. The molecule has 2 rings (SSSR count). The van der Waals surface area contributed by atoms with E-state index in [9.17, 15) is 4.79 Å². The summed E-state index contributed by atoms with van der Waals surface area (Å²) in [6, 6.07) is 3.86. The van der Waals surface area contributed by atoms with Crippen molar-refractivity contribution >= 4 is 22.9 Å². The summed E-state index contributed by atoms with van der Waals surface area (Å²) in [6.07, 6.45) is 4.41. The van der Waals surface area contributed by atoms with Gasteiger partial charge in [0.25, 0.3) is 0 Å². The molecular weight excluding hydrogens is 274 g/mol. The van der Waals surface area contributed by atoms with E-state index >= 15 is 0 Å². The van der Waals surface area contributed by atoms with E-state index < -0.39 is 6.03 Å². The summed E-state index contributed by atoms with van der Waals surface area (Å²) in [4.78, 5) is 14.6. The zero-order chi connectivity index (χ0) is 14.2. The highest BCUT2D eigenvalue weighted by molar-refractivity contribution is 7.11. The second kappa shape index (κ2) is 8.01. The van der Waals surface area contributed by atoms with Gasteiger partial charge in [0.15, 0.2) is 0 Å². The van der Waals surface area contributed by atoms with Gasteiger partial charge in [-0.1, -0.05) is 12.1 Å². The molecular formula is C13H21N5OS. The Balaban J connectivity index is 1.61. The van der Waals surface area contributed by atoms with E-state index in [2.05, 4.69) is 39.3 Å². The quantitative estimate of drug-likeness (QED) is 0.272. The van der Waals surface area contributed by atoms with Crippen molar-refractivity contribution < 1.29 is 4.79 Å². The Bertz CT molecular complexity index is 446. The summed E-state index contributed by atoms with van der Waals surface area (Å²) in [5, 5.41) is 2.12. The fraction of sp³-hybridized carbons (Fsp3) is 0.462. The molecule has 5 N–H and O–H groups in total. The van der Waals surface area contributed by atoms with Crippen molar-refractivity contribution in [2.24, 2.45) is 5.84 Å². The summed E-state index contributed by atoms with van der Waals surface area (Å²) < 4.78 is 0. The van der Waals surface area contributed by atoms with E-state index in [1.807, 2.05) is 5.43 Å². The molecule has 0 bridgehead atoms. The average Bonchev–Trinajstić information content (AvgIpc) is 3.01. The lowest BCUT2D eigenvalue weighted by Gasteiger charge is -2.26. The van der Waals surface area contributed by atoms with Gasteiger partial charge in [-0.2, -0.15) is 0 Å². The molecule has 0 atom stereocenters. The van der Waals surface area contributed by atoms with Gasteiger partial charge >= 0.3 is 6.03 Å². The van der Waals surface area contributed by atoms with E-state index in [0.29, 0.717) is 0 Å². The van der Waals surface area contributed by atoms with Crippen LogP contribution in [0.15, 0.2) is 23.6 Å². The second-order valence-corrected chi connectivity index (χ2v) is 5.58. The van der Waals surface area contributed by atoms with E-state index in [1.165, 1.54) is 10.5 Å². The number of rotatable bonds is 6. The monoisotopic (exact) mass is 295 g/mol. The maximum atomic E-state index is 10.8. The van der Waals surface area contributed by atoms with E-state index in [-0.39, 0.29) is 0 Å². The van der Waals surface area contributed by atoms with Crippen molar-refractivity contribution in [3.63, 3.8) is 0 Å². The zero-order valence-electron chi connectivity index (χ0n) is 11.4. The minimum atomic E-state index is -0.425. The number of nitrogens with one attached hydrogen (secondary N) is 3. The number of thiophene rings is 1. The number of carbonyl (C=O) groups excluding carboxylic acids is 1. The van der Waals surface area contributed by atoms with Crippen LogP contribution in [0.2, 0.25) is 0 Å². The van der Waals surface area contributed by atoms with Crippen LogP contribution in [0.25, 0.3) is 5.57 Å². The minimum Gasteiger partial charge on any atom is -0.299 e. The Morgan fingerprint density at radius 2 is 2.40 bits per heavy atom. The van der Waals surface area contributed by atoms with Crippen LogP contribution in [0.5, 0.6) is 0 Å². The van der Waals surface area contributed by atoms with Crippen molar-refractivity contribution in [3.05, 3.63) is 28.5 Å². The van der Waals surface area contributed by atoms with Crippen molar-refractivity contribution in [1.29, 1.82) is 0 Å². The highest BCUT2D eigenvalue weighted by Gasteiger charge is 2.12. The molecule has 0 aliphatic carbocycles. The molecule has 1 aromatic rings. The fourth-order valence-electron chi connectivity index (χ4n) is 2.17. The van der Waals surface area contributed by atoms with Gasteiger partial charge in [0.1, 0.15) is 0 Å². The molecule has 1 aliphatic heterocycles. The van der Waals surface area contributed by atoms with Gasteiger partial charge in [-0.25, -0.2) is 16.1 Å². The van der Waals surface area contributed by atoms with Gasteiger partial charge in [-0.05, 0) is 36.4 Å². The maximum Gasteiger partial charge on any atom is 0.343 e. The molecule has 1 aliphatic rings. The molecule has 0 saturated carbocycles. The van der Waals surface area contributed by atoms with Crippen molar-refractivity contribution in [1.82, 2.24) is 21.2 Å². The lowest BCUT2D eigenvalue weighted by Crippen LogP contribution is -2.47. The molecule has 110 valence electrons. The Labute approximate surface area is 123 Å². The summed E-state index contributed by atoms with van der Waals surface area (Å²) in [7, 11) is 0. The molecule has 2 heterocycles. The third-order valence-electron chi connectivity index (χ3n) is 3.24. The van der Waals surface area contributed by atoms with Crippen LogP contribution in [0, 0.1) is 0 Å². The Morgan fingerprint density at radius 1 is 1.50 bits per heavy atom. The first-order chi connectivity index (χ1) is 9.79. The summed E-state index contributed by atoms with van der Waals surface area (Å²) in [6.45, 7) is 3.85. The molecule has 1 aromatic heterocycles. The Hall–Kier alpha value is -1.41. The fourth-order valence-corrected chi connectivity index (χ4v) is 2.97. The van der Waals surface area contributed by atoms with Crippen LogP contribution in [0.4, 0.5) is 4.79 Å². The average molecular weight is 295 g/mol. The highest BCUT2D eigenvalue weighted by Crippen LogP contribution is 2.25. The molecule has 6 nitrogen and oxygen atoms in total. The number of hydrogen-bond donors (Lipinski definition) is 4. The molecule has 20 heavy (non-hydrogen) atoms. The van der Waals surface area contributed by atoms with Crippen molar-refractivity contribution in [3.8, 4) is 0 Å². The summed E-state index contributed by atoms with van der Waals surface area (Å²) in [5.74, 6) is 4.94. The van der Waals surface area contributed by atoms with Crippen LogP contribution >= 0.6 is 11.3 Å². The maximum absolute atomic E-state index is 10.8. The normalized spacial score (nSPS) is 15.8. The molecule has 0 aromatic carbocycles. The third-order valence-corrected chi connectivity index (χ3v) is 4.19. The van der Waals surface area contributed by atoms with Crippen LogP contribution in [-0.2, 0) is 0 Å². The molecule has 0 spiro atoms.